The summed E-state index contributed by atoms with van der Waals surface area (Å²) in [6.07, 6.45) is 5.66. The highest BCUT2D eigenvalue weighted by atomic mass is 32.2. The molecule has 0 aliphatic heterocycles. The Morgan fingerprint density at radius 2 is 1.68 bits per heavy atom. The van der Waals surface area contributed by atoms with E-state index >= 15 is 0 Å². The van der Waals surface area contributed by atoms with E-state index < -0.39 is 6.04 Å². The predicted molar refractivity (Wildman–Crippen MR) is 129 cm³/mol. The molecule has 4 nitrogen and oxygen atoms in total. The van der Waals surface area contributed by atoms with Crippen molar-refractivity contribution in [3.63, 3.8) is 0 Å². The molecule has 1 fully saturated rings. The number of carbonyl (C=O) groups excluding carboxylic acids is 2. The second-order valence-electron chi connectivity index (χ2n) is 8.51. The van der Waals surface area contributed by atoms with E-state index in [0.29, 0.717) is 12.3 Å². The number of carbonyl (C=O) groups is 2. The fourth-order valence-electron chi connectivity index (χ4n) is 3.95. The monoisotopic (exact) mass is 438 g/mol. The van der Waals surface area contributed by atoms with Gasteiger partial charge in [0.25, 0.3) is 0 Å². The van der Waals surface area contributed by atoms with Crippen molar-refractivity contribution in [2.75, 3.05) is 5.75 Å². The largest absolute Gasteiger partial charge is 0.352 e. The molecular formula is C26H34N2O2S. The normalized spacial score (nSPS) is 15.3. The summed E-state index contributed by atoms with van der Waals surface area (Å²) >= 11 is 1.60. The molecule has 2 aromatic carbocycles. The van der Waals surface area contributed by atoms with Gasteiger partial charge in [0, 0.05) is 18.3 Å². The maximum Gasteiger partial charge on any atom is 0.242 e. The minimum absolute atomic E-state index is 0.00722. The molecule has 1 saturated carbocycles. The molecule has 0 heterocycles. The highest BCUT2D eigenvalue weighted by Gasteiger charge is 2.28. The van der Waals surface area contributed by atoms with Crippen LogP contribution in [0, 0.1) is 6.92 Å². The minimum Gasteiger partial charge on any atom is -0.352 e. The molecule has 0 saturated heterocycles. The summed E-state index contributed by atoms with van der Waals surface area (Å²) in [5.74, 6) is 1.11. The molecule has 3 rings (SSSR count). The molecule has 2 amide bonds. The SMILES string of the molecule is Cc1ccc(CN(C(=O)CSCc2ccccc2)C(C)C(=O)NC2CCCCC2)cc1. The summed E-state index contributed by atoms with van der Waals surface area (Å²) in [5, 5.41) is 3.19. The molecule has 0 radical (unpaired) electrons. The van der Waals surface area contributed by atoms with Gasteiger partial charge in [-0.15, -0.1) is 11.8 Å². The number of thioether (sulfide) groups is 1. The van der Waals surface area contributed by atoms with Crippen LogP contribution < -0.4 is 5.32 Å². The Hall–Kier alpha value is -2.27. The van der Waals surface area contributed by atoms with Crippen LogP contribution in [0.4, 0.5) is 0 Å². The summed E-state index contributed by atoms with van der Waals surface area (Å²) < 4.78 is 0. The number of aryl methyl sites for hydroxylation is 1. The maximum atomic E-state index is 13.2. The third-order valence-corrected chi connectivity index (χ3v) is 6.92. The molecule has 5 heteroatoms. The van der Waals surface area contributed by atoms with E-state index in [1.54, 1.807) is 16.7 Å². The summed E-state index contributed by atoms with van der Waals surface area (Å²) in [4.78, 5) is 27.9. The van der Waals surface area contributed by atoms with Gasteiger partial charge in [0.15, 0.2) is 0 Å². The van der Waals surface area contributed by atoms with E-state index in [9.17, 15) is 9.59 Å². The number of amides is 2. The third kappa shape index (κ3) is 7.42. The fourth-order valence-corrected chi connectivity index (χ4v) is 4.83. The van der Waals surface area contributed by atoms with Crippen LogP contribution >= 0.6 is 11.8 Å². The zero-order valence-electron chi connectivity index (χ0n) is 18.7. The lowest BCUT2D eigenvalue weighted by Crippen LogP contribution is -2.50. The average Bonchev–Trinajstić information content (AvgIpc) is 2.79. The Morgan fingerprint density at radius 3 is 2.35 bits per heavy atom. The Balaban J connectivity index is 1.64. The molecule has 1 atom stereocenters. The van der Waals surface area contributed by atoms with Crippen LogP contribution in [0.5, 0.6) is 0 Å². The standard InChI is InChI=1S/C26H34N2O2S/c1-20-13-15-22(16-14-20)17-28(21(2)26(30)27-24-11-7-4-8-12-24)25(29)19-31-18-23-9-5-3-6-10-23/h3,5-6,9-10,13-16,21,24H,4,7-8,11-12,17-19H2,1-2H3,(H,27,30). The number of benzene rings is 2. The van der Waals surface area contributed by atoms with E-state index in [0.717, 1.165) is 24.2 Å². The van der Waals surface area contributed by atoms with Crippen molar-refractivity contribution in [1.29, 1.82) is 0 Å². The van der Waals surface area contributed by atoms with Gasteiger partial charge in [-0.1, -0.05) is 79.4 Å². The lowest BCUT2D eigenvalue weighted by atomic mass is 9.95. The first-order valence-corrected chi connectivity index (χ1v) is 12.5. The highest BCUT2D eigenvalue weighted by molar-refractivity contribution is 7.99. The summed E-state index contributed by atoms with van der Waals surface area (Å²) in [6, 6.07) is 18.1. The van der Waals surface area contributed by atoms with Gasteiger partial charge >= 0.3 is 0 Å². The van der Waals surface area contributed by atoms with E-state index in [1.807, 2.05) is 44.2 Å². The third-order valence-electron chi connectivity index (χ3n) is 5.93. The zero-order valence-corrected chi connectivity index (χ0v) is 19.5. The molecule has 0 bridgehead atoms. The van der Waals surface area contributed by atoms with Crippen molar-refractivity contribution >= 4 is 23.6 Å². The summed E-state index contributed by atoms with van der Waals surface area (Å²) in [6.45, 7) is 4.35. The highest BCUT2D eigenvalue weighted by Crippen LogP contribution is 2.19. The van der Waals surface area contributed by atoms with E-state index in [2.05, 4.69) is 29.6 Å². The number of hydrogen-bond acceptors (Lipinski definition) is 3. The van der Waals surface area contributed by atoms with Crippen molar-refractivity contribution in [3.05, 3.63) is 71.3 Å². The van der Waals surface area contributed by atoms with Crippen molar-refractivity contribution in [2.45, 2.75) is 70.3 Å². The van der Waals surface area contributed by atoms with Gasteiger partial charge < -0.3 is 10.2 Å². The van der Waals surface area contributed by atoms with Crippen molar-refractivity contribution in [1.82, 2.24) is 10.2 Å². The van der Waals surface area contributed by atoms with Gasteiger partial charge in [0.2, 0.25) is 11.8 Å². The lowest BCUT2D eigenvalue weighted by molar-refractivity contribution is -0.139. The number of rotatable bonds is 9. The first-order valence-electron chi connectivity index (χ1n) is 11.3. The molecule has 166 valence electrons. The van der Waals surface area contributed by atoms with Gasteiger partial charge in [-0.25, -0.2) is 0 Å². The molecule has 31 heavy (non-hydrogen) atoms. The molecule has 1 N–H and O–H groups in total. The Bertz CT molecular complexity index is 832. The van der Waals surface area contributed by atoms with E-state index in [1.165, 1.54) is 30.4 Å². The quantitative estimate of drug-likeness (QED) is 0.593. The van der Waals surface area contributed by atoms with E-state index in [4.69, 9.17) is 0 Å². The average molecular weight is 439 g/mol. The van der Waals surface area contributed by atoms with Crippen LogP contribution in [0.2, 0.25) is 0 Å². The Labute approximate surface area is 190 Å². The maximum absolute atomic E-state index is 13.2. The van der Waals surface area contributed by atoms with Crippen LogP contribution in [0.25, 0.3) is 0 Å². The van der Waals surface area contributed by atoms with Crippen LogP contribution in [0.3, 0.4) is 0 Å². The second kappa shape index (κ2) is 11.9. The smallest absolute Gasteiger partial charge is 0.242 e. The van der Waals surface area contributed by atoms with E-state index in [-0.39, 0.29) is 17.9 Å². The van der Waals surface area contributed by atoms with Crippen LogP contribution in [0.1, 0.15) is 55.7 Å². The van der Waals surface area contributed by atoms with Gasteiger partial charge in [-0.2, -0.15) is 0 Å². The summed E-state index contributed by atoms with van der Waals surface area (Å²) in [5.41, 5.74) is 3.43. The first kappa shape index (κ1) is 23.4. The van der Waals surface area contributed by atoms with Crippen LogP contribution in [-0.2, 0) is 21.9 Å². The van der Waals surface area contributed by atoms with Crippen LogP contribution in [0.15, 0.2) is 54.6 Å². The molecule has 1 unspecified atom stereocenters. The molecule has 0 aromatic heterocycles. The fraction of sp³-hybridized carbons (Fsp3) is 0.462. The van der Waals surface area contributed by atoms with Gasteiger partial charge in [0.1, 0.15) is 6.04 Å². The first-order chi connectivity index (χ1) is 15.0. The second-order valence-corrected chi connectivity index (χ2v) is 9.49. The minimum atomic E-state index is -0.493. The molecule has 1 aliphatic rings. The van der Waals surface area contributed by atoms with Crippen molar-refractivity contribution in [2.24, 2.45) is 0 Å². The lowest BCUT2D eigenvalue weighted by Gasteiger charge is -2.31. The van der Waals surface area contributed by atoms with Gasteiger partial charge in [-0.05, 0) is 37.8 Å². The molecular weight excluding hydrogens is 404 g/mol. The van der Waals surface area contributed by atoms with Crippen LogP contribution in [-0.4, -0.2) is 34.6 Å². The number of nitrogens with one attached hydrogen (secondary N) is 1. The van der Waals surface area contributed by atoms with Crippen molar-refractivity contribution in [3.8, 4) is 0 Å². The van der Waals surface area contributed by atoms with Gasteiger partial charge in [-0.3, -0.25) is 9.59 Å². The molecule has 0 spiro atoms. The number of nitrogens with zero attached hydrogens (tertiary/aromatic N) is 1. The Kier molecular flexibility index (Phi) is 9.01. The zero-order chi connectivity index (χ0) is 22.1. The Morgan fingerprint density at radius 1 is 1.00 bits per heavy atom. The predicted octanol–water partition coefficient (Wildman–Crippen LogP) is 5.09. The summed E-state index contributed by atoms with van der Waals surface area (Å²) in [7, 11) is 0. The molecule has 2 aromatic rings. The van der Waals surface area contributed by atoms with Crippen molar-refractivity contribution < 1.29 is 9.59 Å². The topological polar surface area (TPSA) is 49.4 Å². The molecule has 1 aliphatic carbocycles. The number of hydrogen-bond donors (Lipinski definition) is 1. The van der Waals surface area contributed by atoms with Gasteiger partial charge in [0.05, 0.1) is 5.75 Å².